The van der Waals surface area contributed by atoms with Crippen LogP contribution in [0.15, 0.2) is 12.1 Å². The number of aromatic nitrogens is 1. The van der Waals surface area contributed by atoms with E-state index in [0.29, 0.717) is 5.75 Å². The summed E-state index contributed by atoms with van der Waals surface area (Å²) in [6, 6.07) is 3.68. The van der Waals surface area contributed by atoms with E-state index >= 15 is 0 Å². The van der Waals surface area contributed by atoms with Crippen LogP contribution < -0.4 is 4.74 Å². The molecule has 1 aromatic heterocycles. The summed E-state index contributed by atoms with van der Waals surface area (Å²) in [5, 5.41) is 0. The fourth-order valence-corrected chi connectivity index (χ4v) is 1.18. The first kappa shape index (κ1) is 11.5. The summed E-state index contributed by atoms with van der Waals surface area (Å²) in [7, 11) is 1.33. The highest BCUT2D eigenvalue weighted by Gasteiger charge is 2.06. The summed E-state index contributed by atoms with van der Waals surface area (Å²) in [6.07, 6.45) is 0.776. The summed E-state index contributed by atoms with van der Waals surface area (Å²) in [5.74, 6) is 0.256. The number of carbonyl (C=O) groups excluding carboxylic acids is 1. The number of rotatable bonds is 4. The van der Waals surface area contributed by atoms with Crippen molar-refractivity contribution in [1.82, 2.24) is 4.98 Å². The largest absolute Gasteiger partial charge is 0.480 e. The van der Waals surface area contributed by atoms with Gasteiger partial charge in [0.25, 0.3) is 0 Å². The van der Waals surface area contributed by atoms with Crippen molar-refractivity contribution in [2.75, 3.05) is 13.7 Å². The van der Waals surface area contributed by atoms with Gasteiger partial charge in [-0.2, -0.15) is 0 Å². The molecule has 0 aliphatic rings. The normalized spacial score (nSPS) is 9.80. The van der Waals surface area contributed by atoms with Crippen LogP contribution in [0.2, 0.25) is 0 Å². The summed E-state index contributed by atoms with van der Waals surface area (Å²) < 4.78 is 9.78. The van der Waals surface area contributed by atoms with Crippen molar-refractivity contribution in [3.05, 3.63) is 23.5 Å². The third kappa shape index (κ3) is 3.23. The van der Waals surface area contributed by atoms with E-state index in [-0.39, 0.29) is 6.61 Å². The molecule has 0 aliphatic heterocycles. The van der Waals surface area contributed by atoms with E-state index in [1.54, 1.807) is 0 Å². The average Bonchev–Trinajstić information content (AvgIpc) is 2.26. The molecular weight excluding hydrogens is 194 g/mol. The predicted molar refractivity (Wildman–Crippen MR) is 55.9 cm³/mol. The lowest BCUT2D eigenvalue weighted by atomic mass is 10.2. The number of ether oxygens (including phenoxy) is 2. The molecule has 4 nitrogen and oxygen atoms in total. The fourth-order valence-electron chi connectivity index (χ4n) is 1.18. The molecule has 15 heavy (non-hydrogen) atoms. The topological polar surface area (TPSA) is 48.4 Å². The molecule has 0 spiro atoms. The van der Waals surface area contributed by atoms with E-state index in [0.717, 1.165) is 17.8 Å². The first-order chi connectivity index (χ1) is 7.17. The number of esters is 1. The van der Waals surface area contributed by atoms with Crippen LogP contribution in [-0.4, -0.2) is 24.7 Å². The number of hydrogen-bond acceptors (Lipinski definition) is 4. The minimum atomic E-state index is -0.391. The second-order valence-corrected chi connectivity index (χ2v) is 3.12. The molecule has 0 fully saturated rings. The third-order valence-corrected chi connectivity index (χ3v) is 1.98. The zero-order valence-corrected chi connectivity index (χ0v) is 9.24. The van der Waals surface area contributed by atoms with Crippen molar-refractivity contribution >= 4 is 5.97 Å². The Hall–Kier alpha value is -1.58. The molecule has 1 rings (SSSR count). The zero-order chi connectivity index (χ0) is 11.3. The van der Waals surface area contributed by atoms with Gasteiger partial charge < -0.3 is 9.47 Å². The summed E-state index contributed by atoms with van der Waals surface area (Å²) >= 11 is 0. The molecule has 0 radical (unpaired) electrons. The zero-order valence-electron chi connectivity index (χ0n) is 9.24. The third-order valence-electron chi connectivity index (χ3n) is 1.98. The van der Waals surface area contributed by atoms with Gasteiger partial charge in [-0.3, -0.25) is 4.98 Å². The van der Waals surface area contributed by atoms with Gasteiger partial charge in [-0.1, -0.05) is 6.92 Å². The predicted octanol–water partition coefficient (Wildman–Crippen LogP) is 1.50. The molecule has 0 atom stereocenters. The van der Waals surface area contributed by atoms with E-state index in [1.165, 1.54) is 7.11 Å². The Morgan fingerprint density at radius 3 is 2.80 bits per heavy atom. The SMILES string of the molecule is CCc1nc(C)ccc1OCC(=O)OC. The molecule has 0 bridgehead atoms. The first-order valence-corrected chi connectivity index (χ1v) is 4.83. The van der Waals surface area contributed by atoms with Crippen molar-refractivity contribution in [2.24, 2.45) is 0 Å². The molecule has 4 heteroatoms. The van der Waals surface area contributed by atoms with Crippen LogP contribution in [-0.2, 0) is 16.0 Å². The second kappa shape index (κ2) is 5.34. The maximum Gasteiger partial charge on any atom is 0.343 e. The second-order valence-electron chi connectivity index (χ2n) is 3.12. The molecule has 0 saturated heterocycles. The Bertz CT molecular complexity index is 350. The Balaban J connectivity index is 2.72. The molecule has 0 aliphatic carbocycles. The number of methoxy groups -OCH3 is 1. The minimum Gasteiger partial charge on any atom is -0.480 e. The van der Waals surface area contributed by atoms with Crippen LogP contribution in [0.4, 0.5) is 0 Å². The molecule has 82 valence electrons. The van der Waals surface area contributed by atoms with Crippen LogP contribution in [0, 0.1) is 6.92 Å². The van der Waals surface area contributed by atoms with E-state index in [1.807, 2.05) is 26.0 Å². The van der Waals surface area contributed by atoms with Gasteiger partial charge in [-0.15, -0.1) is 0 Å². The fraction of sp³-hybridized carbons (Fsp3) is 0.455. The molecule has 0 N–H and O–H groups in total. The van der Waals surface area contributed by atoms with Gasteiger partial charge in [0.05, 0.1) is 12.8 Å². The number of pyridine rings is 1. The van der Waals surface area contributed by atoms with Crippen LogP contribution in [0.1, 0.15) is 18.3 Å². The quantitative estimate of drug-likeness (QED) is 0.705. The summed E-state index contributed by atoms with van der Waals surface area (Å²) in [4.78, 5) is 15.2. The Labute approximate surface area is 89.2 Å². The maximum atomic E-state index is 10.9. The van der Waals surface area contributed by atoms with Crippen LogP contribution in [0.5, 0.6) is 5.75 Å². The maximum absolute atomic E-state index is 10.9. The summed E-state index contributed by atoms with van der Waals surface area (Å²) in [6.45, 7) is 3.84. The van der Waals surface area contributed by atoms with Gasteiger partial charge in [0.2, 0.25) is 0 Å². The smallest absolute Gasteiger partial charge is 0.343 e. The van der Waals surface area contributed by atoms with Gasteiger partial charge in [-0.05, 0) is 25.5 Å². The highest BCUT2D eigenvalue weighted by Crippen LogP contribution is 2.17. The first-order valence-electron chi connectivity index (χ1n) is 4.83. The molecule has 0 unspecified atom stereocenters. The molecule has 0 aromatic carbocycles. The Morgan fingerprint density at radius 1 is 1.47 bits per heavy atom. The van der Waals surface area contributed by atoms with Crippen LogP contribution >= 0.6 is 0 Å². The van der Waals surface area contributed by atoms with Gasteiger partial charge in [0.1, 0.15) is 5.75 Å². The Morgan fingerprint density at radius 2 is 2.20 bits per heavy atom. The van der Waals surface area contributed by atoms with Crippen LogP contribution in [0.3, 0.4) is 0 Å². The summed E-state index contributed by atoms with van der Waals surface area (Å²) in [5.41, 5.74) is 1.80. The highest BCUT2D eigenvalue weighted by atomic mass is 16.6. The number of hydrogen-bond donors (Lipinski definition) is 0. The van der Waals surface area contributed by atoms with E-state index in [4.69, 9.17) is 4.74 Å². The molecule has 1 aromatic rings. The molecule has 1 heterocycles. The van der Waals surface area contributed by atoms with Crippen LogP contribution in [0.25, 0.3) is 0 Å². The lowest BCUT2D eigenvalue weighted by Gasteiger charge is -2.08. The Kier molecular flexibility index (Phi) is 4.09. The number of nitrogens with zero attached hydrogens (tertiary/aromatic N) is 1. The van der Waals surface area contributed by atoms with Crippen molar-refractivity contribution in [2.45, 2.75) is 20.3 Å². The van der Waals surface area contributed by atoms with E-state index < -0.39 is 5.97 Å². The standard InChI is InChI=1S/C11H15NO3/c1-4-9-10(6-5-8(2)12-9)15-7-11(13)14-3/h5-6H,4,7H2,1-3H3. The van der Waals surface area contributed by atoms with E-state index in [2.05, 4.69) is 9.72 Å². The van der Waals surface area contributed by atoms with Crippen molar-refractivity contribution < 1.29 is 14.3 Å². The molecule has 0 amide bonds. The average molecular weight is 209 g/mol. The van der Waals surface area contributed by atoms with Gasteiger partial charge in [-0.25, -0.2) is 4.79 Å². The molecule has 0 saturated carbocycles. The van der Waals surface area contributed by atoms with Gasteiger partial charge >= 0.3 is 5.97 Å². The van der Waals surface area contributed by atoms with E-state index in [9.17, 15) is 4.79 Å². The lowest BCUT2D eigenvalue weighted by Crippen LogP contribution is -2.13. The lowest BCUT2D eigenvalue weighted by molar-refractivity contribution is -0.142. The number of carbonyl (C=O) groups is 1. The molecular formula is C11H15NO3. The van der Waals surface area contributed by atoms with Crippen molar-refractivity contribution in [1.29, 1.82) is 0 Å². The van der Waals surface area contributed by atoms with Crippen molar-refractivity contribution in [3.8, 4) is 5.75 Å². The number of aryl methyl sites for hydroxylation is 2. The van der Waals surface area contributed by atoms with Gasteiger partial charge in [0.15, 0.2) is 6.61 Å². The highest BCUT2D eigenvalue weighted by molar-refractivity contribution is 5.70. The van der Waals surface area contributed by atoms with Crippen molar-refractivity contribution in [3.63, 3.8) is 0 Å². The minimum absolute atomic E-state index is 0.0752. The van der Waals surface area contributed by atoms with Gasteiger partial charge in [0, 0.05) is 5.69 Å². The monoisotopic (exact) mass is 209 g/mol.